The molecule has 3 heteroatoms. The predicted molar refractivity (Wildman–Crippen MR) is 69.7 cm³/mol. The van der Waals surface area contributed by atoms with E-state index in [1.165, 1.54) is 18.4 Å². The number of rotatable bonds is 4. The Kier molecular flexibility index (Phi) is 3.89. The van der Waals surface area contributed by atoms with Crippen molar-refractivity contribution >= 4 is 0 Å². The van der Waals surface area contributed by atoms with Crippen LogP contribution in [0.15, 0.2) is 18.5 Å². The van der Waals surface area contributed by atoms with Crippen LogP contribution in [0, 0.1) is 5.92 Å². The molecule has 0 radical (unpaired) electrons. The van der Waals surface area contributed by atoms with E-state index in [1.54, 1.807) is 0 Å². The summed E-state index contributed by atoms with van der Waals surface area (Å²) in [6.45, 7) is 3.39. The number of nitrogens with one attached hydrogen (secondary N) is 1. The molecule has 1 aromatic rings. The molecular weight excluding hydrogens is 212 g/mol. The van der Waals surface area contributed by atoms with Gasteiger partial charge in [-0.25, -0.2) is 0 Å². The first-order valence-electron chi connectivity index (χ1n) is 6.60. The van der Waals surface area contributed by atoms with Gasteiger partial charge < -0.3 is 15.0 Å². The summed E-state index contributed by atoms with van der Waals surface area (Å²) in [6.07, 6.45) is 8.91. The van der Waals surface area contributed by atoms with Gasteiger partial charge in [0.15, 0.2) is 0 Å². The summed E-state index contributed by atoms with van der Waals surface area (Å²) in [6, 6.07) is 2.13. The van der Waals surface area contributed by atoms with Crippen molar-refractivity contribution in [1.82, 2.24) is 9.88 Å². The number of nitrogens with zero attached hydrogens (tertiary/aromatic N) is 1. The van der Waals surface area contributed by atoms with Gasteiger partial charge in [-0.3, -0.25) is 0 Å². The number of aromatic nitrogens is 1. The van der Waals surface area contributed by atoms with E-state index in [4.69, 9.17) is 0 Å². The number of hydrogen-bond acceptors (Lipinski definition) is 2. The van der Waals surface area contributed by atoms with Crippen molar-refractivity contribution in [3.8, 4) is 0 Å². The van der Waals surface area contributed by atoms with E-state index >= 15 is 0 Å². The first-order chi connectivity index (χ1) is 8.13. The average Bonchev–Trinajstić information content (AvgIpc) is 2.73. The summed E-state index contributed by atoms with van der Waals surface area (Å²) in [7, 11) is 2.04. The third kappa shape index (κ3) is 3.11. The fourth-order valence-corrected chi connectivity index (χ4v) is 2.98. The number of aryl methyl sites for hydroxylation is 1. The number of aliphatic hydroxyl groups excluding tert-OH is 1. The Balaban J connectivity index is 1.94. The summed E-state index contributed by atoms with van der Waals surface area (Å²) < 4.78 is 2.06. The van der Waals surface area contributed by atoms with Gasteiger partial charge in [0, 0.05) is 31.5 Å². The first-order valence-corrected chi connectivity index (χ1v) is 6.60. The maximum absolute atomic E-state index is 9.67. The molecule has 0 aromatic carbocycles. The highest BCUT2D eigenvalue weighted by Gasteiger charge is 2.33. The maximum atomic E-state index is 9.67. The standard InChI is InChI=1S/C14H24N2O/c1-12-4-3-6-14(8-12,11-17)15-9-13-5-7-16(2)10-13/h5,7,10,12,15,17H,3-4,6,8-9,11H2,1-2H3. The molecule has 0 spiro atoms. The van der Waals surface area contributed by atoms with Gasteiger partial charge >= 0.3 is 0 Å². The molecular formula is C14H24N2O. The lowest BCUT2D eigenvalue weighted by atomic mass is 9.77. The van der Waals surface area contributed by atoms with E-state index < -0.39 is 0 Å². The van der Waals surface area contributed by atoms with Crippen molar-refractivity contribution < 1.29 is 5.11 Å². The molecule has 1 aromatic heterocycles. The minimum Gasteiger partial charge on any atom is -0.394 e. The van der Waals surface area contributed by atoms with Crippen LogP contribution in [-0.4, -0.2) is 21.8 Å². The Bertz CT molecular complexity index is 361. The van der Waals surface area contributed by atoms with Gasteiger partial charge in [-0.05, 0) is 30.4 Å². The smallest absolute Gasteiger partial charge is 0.0613 e. The molecule has 1 fully saturated rings. The van der Waals surface area contributed by atoms with E-state index in [0.717, 1.165) is 25.3 Å². The summed E-state index contributed by atoms with van der Waals surface area (Å²) in [5, 5.41) is 13.3. The second-order valence-electron chi connectivity index (χ2n) is 5.68. The van der Waals surface area contributed by atoms with Gasteiger partial charge in [0.2, 0.25) is 0 Å². The highest BCUT2D eigenvalue weighted by atomic mass is 16.3. The molecule has 2 unspecified atom stereocenters. The van der Waals surface area contributed by atoms with Gasteiger partial charge in [-0.2, -0.15) is 0 Å². The fraction of sp³-hybridized carbons (Fsp3) is 0.714. The van der Waals surface area contributed by atoms with Crippen LogP contribution in [0.5, 0.6) is 0 Å². The van der Waals surface area contributed by atoms with E-state index in [-0.39, 0.29) is 12.1 Å². The summed E-state index contributed by atoms with van der Waals surface area (Å²) in [4.78, 5) is 0. The lowest BCUT2D eigenvalue weighted by Crippen LogP contribution is -2.51. The van der Waals surface area contributed by atoms with E-state index in [2.05, 4.69) is 35.3 Å². The molecule has 1 heterocycles. The van der Waals surface area contributed by atoms with Crippen LogP contribution in [0.2, 0.25) is 0 Å². The first kappa shape index (κ1) is 12.7. The topological polar surface area (TPSA) is 37.2 Å². The Morgan fingerprint density at radius 2 is 2.41 bits per heavy atom. The number of aliphatic hydroxyl groups is 1. The van der Waals surface area contributed by atoms with E-state index in [9.17, 15) is 5.11 Å². The minimum absolute atomic E-state index is 0.0481. The van der Waals surface area contributed by atoms with Crippen molar-refractivity contribution in [3.05, 3.63) is 24.0 Å². The Morgan fingerprint density at radius 3 is 3.00 bits per heavy atom. The Labute approximate surface area is 104 Å². The largest absolute Gasteiger partial charge is 0.394 e. The van der Waals surface area contributed by atoms with Crippen LogP contribution in [0.4, 0.5) is 0 Å². The van der Waals surface area contributed by atoms with Crippen molar-refractivity contribution in [2.75, 3.05) is 6.61 Å². The number of hydrogen-bond donors (Lipinski definition) is 2. The Morgan fingerprint density at radius 1 is 1.59 bits per heavy atom. The molecule has 1 aliphatic carbocycles. The lowest BCUT2D eigenvalue weighted by Gasteiger charge is -2.39. The van der Waals surface area contributed by atoms with E-state index in [0.29, 0.717) is 0 Å². The average molecular weight is 236 g/mol. The second-order valence-corrected chi connectivity index (χ2v) is 5.68. The van der Waals surface area contributed by atoms with Crippen LogP contribution >= 0.6 is 0 Å². The lowest BCUT2D eigenvalue weighted by molar-refractivity contribution is 0.0982. The monoisotopic (exact) mass is 236 g/mol. The fourth-order valence-electron chi connectivity index (χ4n) is 2.98. The zero-order chi connectivity index (χ0) is 12.3. The molecule has 2 atom stereocenters. The predicted octanol–water partition coefficient (Wildman–Crippen LogP) is 2.06. The van der Waals surface area contributed by atoms with Crippen LogP contribution in [0.25, 0.3) is 0 Å². The molecule has 0 saturated heterocycles. The minimum atomic E-state index is -0.0481. The van der Waals surface area contributed by atoms with Crippen LogP contribution in [0.3, 0.4) is 0 Å². The SMILES string of the molecule is CC1CCCC(CO)(NCc2ccn(C)c2)C1. The molecule has 2 N–H and O–H groups in total. The third-order valence-electron chi connectivity index (χ3n) is 3.95. The summed E-state index contributed by atoms with van der Waals surface area (Å²) >= 11 is 0. The van der Waals surface area contributed by atoms with Crippen LogP contribution in [-0.2, 0) is 13.6 Å². The molecule has 17 heavy (non-hydrogen) atoms. The van der Waals surface area contributed by atoms with Gasteiger partial charge in [0.1, 0.15) is 0 Å². The molecule has 1 aliphatic rings. The van der Waals surface area contributed by atoms with E-state index in [1.807, 2.05) is 7.05 Å². The van der Waals surface area contributed by atoms with Crippen molar-refractivity contribution in [3.63, 3.8) is 0 Å². The Hall–Kier alpha value is -0.800. The highest BCUT2D eigenvalue weighted by molar-refractivity contribution is 5.10. The van der Waals surface area contributed by atoms with Crippen molar-refractivity contribution in [2.24, 2.45) is 13.0 Å². The summed E-state index contributed by atoms with van der Waals surface area (Å²) in [5.74, 6) is 0.721. The maximum Gasteiger partial charge on any atom is 0.0613 e. The zero-order valence-corrected chi connectivity index (χ0v) is 10.9. The van der Waals surface area contributed by atoms with Crippen molar-refractivity contribution in [2.45, 2.75) is 44.7 Å². The molecule has 3 nitrogen and oxygen atoms in total. The zero-order valence-electron chi connectivity index (χ0n) is 10.9. The van der Waals surface area contributed by atoms with Crippen LogP contribution < -0.4 is 5.32 Å². The van der Waals surface area contributed by atoms with Gasteiger partial charge in [-0.15, -0.1) is 0 Å². The molecule has 96 valence electrons. The molecule has 0 aliphatic heterocycles. The van der Waals surface area contributed by atoms with Crippen molar-refractivity contribution in [1.29, 1.82) is 0 Å². The molecule has 0 bridgehead atoms. The molecule has 2 rings (SSSR count). The highest BCUT2D eigenvalue weighted by Crippen LogP contribution is 2.32. The normalized spacial score (nSPS) is 29.5. The van der Waals surface area contributed by atoms with Crippen LogP contribution in [0.1, 0.15) is 38.2 Å². The molecule has 0 amide bonds. The second kappa shape index (κ2) is 5.23. The van der Waals surface area contributed by atoms with Gasteiger partial charge in [-0.1, -0.05) is 19.8 Å². The summed E-state index contributed by atoms with van der Waals surface area (Å²) in [5.41, 5.74) is 1.24. The van der Waals surface area contributed by atoms with Gasteiger partial charge in [0.05, 0.1) is 6.61 Å². The molecule has 1 saturated carbocycles. The quantitative estimate of drug-likeness (QED) is 0.839. The van der Waals surface area contributed by atoms with Gasteiger partial charge in [0.25, 0.3) is 0 Å². The third-order valence-corrected chi connectivity index (χ3v) is 3.95.